The Balaban J connectivity index is 1.80. The van der Waals surface area contributed by atoms with Crippen LogP contribution in [0.1, 0.15) is 5.56 Å². The van der Waals surface area contributed by atoms with Gasteiger partial charge in [0.1, 0.15) is 5.57 Å². The van der Waals surface area contributed by atoms with Gasteiger partial charge in [-0.25, -0.2) is 5.01 Å². The maximum absolute atomic E-state index is 12.4. The van der Waals surface area contributed by atoms with Crippen LogP contribution >= 0.6 is 0 Å². The number of hydrazone groups is 1. The molecule has 4 aromatic rings. The van der Waals surface area contributed by atoms with Gasteiger partial charge in [0, 0.05) is 7.05 Å². The summed E-state index contributed by atoms with van der Waals surface area (Å²) in [6.07, 6.45) is 1.74. The number of nitrogens with zero attached hydrogens (tertiary/aromatic N) is 2. The molecule has 0 unspecified atom stereocenters. The summed E-state index contributed by atoms with van der Waals surface area (Å²) in [6, 6.07) is 18.7. The molecule has 0 saturated heterocycles. The van der Waals surface area contributed by atoms with Crippen molar-refractivity contribution in [2.75, 3.05) is 7.05 Å². The van der Waals surface area contributed by atoms with Gasteiger partial charge in [-0.1, -0.05) is 54.6 Å². The second-order valence-corrected chi connectivity index (χ2v) is 6.52. The van der Waals surface area contributed by atoms with E-state index in [1.54, 1.807) is 6.08 Å². The van der Waals surface area contributed by atoms with Crippen LogP contribution in [0.3, 0.4) is 0 Å². The normalized spacial score (nSPS) is 16.0. The van der Waals surface area contributed by atoms with Gasteiger partial charge in [0.25, 0.3) is 18.3 Å². The van der Waals surface area contributed by atoms with Crippen LogP contribution in [0.2, 0.25) is 0 Å². The highest BCUT2D eigenvalue weighted by atomic mass is 16.5. The van der Waals surface area contributed by atoms with Crippen molar-refractivity contribution in [1.29, 1.82) is 0 Å². The second kappa shape index (κ2) is 5.64. The van der Waals surface area contributed by atoms with E-state index in [1.165, 1.54) is 28.2 Å². The van der Waals surface area contributed by atoms with Gasteiger partial charge in [-0.15, -0.1) is 5.10 Å². The van der Waals surface area contributed by atoms with Gasteiger partial charge in [0.2, 0.25) is 0 Å². The molecule has 0 aliphatic carbocycles. The minimum Gasteiger partial charge on any atom is -0.407 e. The molecular formula is C22H14N2O3. The molecule has 5 nitrogen and oxygen atoms in total. The number of benzene rings is 4. The number of carbonyl (C=O) groups excluding carboxylic acids is 2. The summed E-state index contributed by atoms with van der Waals surface area (Å²) >= 11 is 0. The van der Waals surface area contributed by atoms with Crippen molar-refractivity contribution in [3.05, 3.63) is 65.7 Å². The lowest BCUT2D eigenvalue weighted by atomic mass is 9.91. The molecule has 5 heteroatoms. The van der Waals surface area contributed by atoms with Gasteiger partial charge in [-0.3, -0.25) is 9.59 Å². The average molecular weight is 354 g/mol. The minimum absolute atomic E-state index is 0.0168. The molecule has 0 radical (unpaired) electrons. The van der Waals surface area contributed by atoms with Crippen LogP contribution in [-0.2, 0) is 14.3 Å². The SMILES string of the molecule is CN1N=C(OC=O)/C(=C/c2ccc3ccc4cccc5ccc2c3c45)C1=O. The number of rotatable bonds is 2. The summed E-state index contributed by atoms with van der Waals surface area (Å²) in [7, 11) is 1.53. The van der Waals surface area contributed by atoms with Gasteiger partial charge in [0.15, 0.2) is 0 Å². The van der Waals surface area contributed by atoms with Crippen LogP contribution < -0.4 is 0 Å². The van der Waals surface area contributed by atoms with Gasteiger partial charge in [0.05, 0.1) is 0 Å². The largest absolute Gasteiger partial charge is 0.407 e. The fourth-order valence-electron chi connectivity index (χ4n) is 3.80. The van der Waals surface area contributed by atoms with Crippen molar-refractivity contribution in [2.24, 2.45) is 5.10 Å². The van der Waals surface area contributed by atoms with E-state index < -0.39 is 0 Å². The van der Waals surface area contributed by atoms with Crippen LogP contribution in [0.15, 0.2) is 65.3 Å². The van der Waals surface area contributed by atoms with Gasteiger partial charge < -0.3 is 4.74 Å². The number of carbonyl (C=O) groups is 2. The average Bonchev–Trinajstić information content (AvgIpc) is 2.95. The van der Waals surface area contributed by atoms with Crippen LogP contribution in [0.5, 0.6) is 0 Å². The highest BCUT2D eigenvalue weighted by molar-refractivity contribution is 6.28. The summed E-state index contributed by atoms with van der Waals surface area (Å²) in [4.78, 5) is 23.2. The van der Waals surface area contributed by atoms with Crippen LogP contribution in [0, 0.1) is 0 Å². The van der Waals surface area contributed by atoms with Gasteiger partial charge >= 0.3 is 0 Å². The smallest absolute Gasteiger partial charge is 0.299 e. The van der Waals surface area contributed by atoms with E-state index in [0.717, 1.165) is 21.7 Å². The Morgan fingerprint density at radius 1 is 0.926 bits per heavy atom. The Morgan fingerprint density at radius 3 is 2.33 bits per heavy atom. The second-order valence-electron chi connectivity index (χ2n) is 6.52. The molecular weight excluding hydrogens is 340 g/mol. The van der Waals surface area contributed by atoms with E-state index in [2.05, 4.69) is 47.6 Å². The van der Waals surface area contributed by atoms with Gasteiger partial charge in [-0.05, 0) is 44.0 Å². The number of hydrogen-bond donors (Lipinski definition) is 0. The minimum atomic E-state index is -0.308. The van der Waals surface area contributed by atoms with Crippen molar-refractivity contribution in [3.63, 3.8) is 0 Å². The van der Waals surface area contributed by atoms with Crippen molar-refractivity contribution in [1.82, 2.24) is 5.01 Å². The summed E-state index contributed by atoms with van der Waals surface area (Å²) in [5.74, 6) is -0.291. The molecule has 1 aliphatic rings. The molecule has 1 aliphatic heterocycles. The van der Waals surface area contributed by atoms with Crippen molar-refractivity contribution < 1.29 is 14.3 Å². The molecule has 0 atom stereocenters. The molecule has 0 bridgehead atoms. The lowest BCUT2D eigenvalue weighted by Crippen LogP contribution is -2.17. The predicted octanol–water partition coefficient (Wildman–Crippen LogP) is 3.93. The van der Waals surface area contributed by atoms with E-state index in [0.29, 0.717) is 0 Å². The molecule has 130 valence electrons. The van der Waals surface area contributed by atoms with Crippen molar-refractivity contribution in [2.45, 2.75) is 0 Å². The summed E-state index contributed by atoms with van der Waals surface area (Å²) in [5, 5.41) is 12.1. The summed E-state index contributed by atoms with van der Waals surface area (Å²) in [5.41, 5.74) is 1.14. The molecule has 5 rings (SSSR count). The Kier molecular flexibility index (Phi) is 3.24. The molecule has 0 spiro atoms. The quantitative estimate of drug-likeness (QED) is 0.311. The van der Waals surface area contributed by atoms with E-state index in [-0.39, 0.29) is 23.9 Å². The van der Waals surface area contributed by atoms with E-state index >= 15 is 0 Å². The highest BCUT2D eigenvalue weighted by Crippen LogP contribution is 2.36. The first-order valence-corrected chi connectivity index (χ1v) is 8.53. The number of amides is 1. The van der Waals surface area contributed by atoms with Crippen LogP contribution in [-0.4, -0.2) is 30.3 Å². The third-order valence-corrected chi connectivity index (χ3v) is 5.02. The third kappa shape index (κ3) is 2.22. The maximum atomic E-state index is 12.4. The zero-order chi connectivity index (χ0) is 18.5. The van der Waals surface area contributed by atoms with Gasteiger partial charge in [-0.2, -0.15) is 0 Å². The topological polar surface area (TPSA) is 59.0 Å². The predicted molar refractivity (Wildman–Crippen MR) is 105 cm³/mol. The first-order chi connectivity index (χ1) is 13.2. The van der Waals surface area contributed by atoms with Crippen LogP contribution in [0.4, 0.5) is 0 Å². The summed E-state index contributed by atoms with van der Waals surface area (Å²) < 4.78 is 4.89. The maximum Gasteiger partial charge on any atom is 0.299 e. The Hall–Kier alpha value is -3.73. The standard InChI is InChI=1S/C22H14N2O3/c1-24-22(26)18(21(23-24)27-12-25)11-16-8-7-15-6-5-13-3-2-4-14-9-10-17(16)20(15)19(13)14/h2-12H,1H3/b18-11-. The number of hydrogen-bond acceptors (Lipinski definition) is 4. The van der Waals surface area contributed by atoms with Crippen molar-refractivity contribution in [3.8, 4) is 0 Å². The number of ether oxygens (including phenoxy) is 1. The molecule has 0 saturated carbocycles. The zero-order valence-corrected chi connectivity index (χ0v) is 14.5. The summed E-state index contributed by atoms with van der Waals surface area (Å²) in [6.45, 7) is 0.281. The Morgan fingerprint density at radius 2 is 1.59 bits per heavy atom. The highest BCUT2D eigenvalue weighted by Gasteiger charge is 2.29. The molecule has 1 amide bonds. The molecule has 0 N–H and O–H groups in total. The van der Waals surface area contributed by atoms with E-state index in [9.17, 15) is 9.59 Å². The lowest BCUT2D eigenvalue weighted by Gasteiger charge is -2.12. The fourth-order valence-corrected chi connectivity index (χ4v) is 3.80. The molecule has 1 heterocycles. The van der Waals surface area contributed by atoms with Crippen LogP contribution in [0.25, 0.3) is 38.4 Å². The van der Waals surface area contributed by atoms with E-state index in [4.69, 9.17) is 4.74 Å². The fraction of sp³-hybridized carbons (Fsp3) is 0.0455. The first-order valence-electron chi connectivity index (χ1n) is 8.53. The van der Waals surface area contributed by atoms with Crippen molar-refractivity contribution >= 4 is 56.7 Å². The molecule has 4 aromatic carbocycles. The third-order valence-electron chi connectivity index (χ3n) is 5.02. The Bertz CT molecular complexity index is 1290. The molecule has 27 heavy (non-hydrogen) atoms. The lowest BCUT2D eigenvalue weighted by molar-refractivity contribution is -0.124. The van der Waals surface area contributed by atoms with E-state index in [1.807, 2.05) is 12.1 Å². The molecule has 0 aromatic heterocycles. The number of likely N-dealkylation sites (N-methyl/N-ethyl adjacent to an activating group) is 1. The molecule has 0 fully saturated rings. The zero-order valence-electron chi connectivity index (χ0n) is 14.5. The monoisotopic (exact) mass is 354 g/mol. The first kappa shape index (κ1) is 15.5. The Labute approximate surface area is 154 Å².